The minimum Gasteiger partial charge on any atom is -0.503 e. The van der Waals surface area contributed by atoms with Gasteiger partial charge in [-0.25, -0.2) is 9.78 Å². The van der Waals surface area contributed by atoms with E-state index < -0.39 is 29.8 Å². The van der Waals surface area contributed by atoms with Crippen LogP contribution in [0.3, 0.4) is 0 Å². The number of aromatic nitrogens is 1. The molecule has 1 aromatic heterocycles. The molecule has 2 heterocycles. The second kappa shape index (κ2) is 13.6. The summed E-state index contributed by atoms with van der Waals surface area (Å²) in [5.74, 6) is -0.862. The van der Waals surface area contributed by atoms with Gasteiger partial charge in [0.15, 0.2) is 23.2 Å². The Balaban J connectivity index is 1.71. The third-order valence-corrected chi connectivity index (χ3v) is 6.93. The molecule has 9 nitrogen and oxygen atoms in total. The van der Waals surface area contributed by atoms with Gasteiger partial charge in [0.1, 0.15) is 6.10 Å². The number of hydrogen-bond acceptors (Lipinski definition) is 8. The highest BCUT2D eigenvalue weighted by Gasteiger charge is 2.37. The lowest BCUT2D eigenvalue weighted by Crippen LogP contribution is -2.46. The van der Waals surface area contributed by atoms with Crippen molar-refractivity contribution in [3.8, 4) is 11.5 Å². The van der Waals surface area contributed by atoms with Gasteiger partial charge in [-0.3, -0.25) is 4.79 Å². The highest BCUT2D eigenvalue weighted by molar-refractivity contribution is 5.98. The van der Waals surface area contributed by atoms with Gasteiger partial charge in [-0.05, 0) is 25.7 Å². The highest BCUT2D eigenvalue weighted by atomic mass is 16.6. The summed E-state index contributed by atoms with van der Waals surface area (Å²) in [4.78, 5) is 29.7. The van der Waals surface area contributed by atoms with Gasteiger partial charge >= 0.3 is 5.97 Å². The number of unbranched alkanes of at least 4 members (excludes halogenated alkanes) is 2. The molecule has 1 aromatic rings. The number of cyclic esters (lactones) is 1. The number of nitrogens with zero attached hydrogens (tertiary/aromatic N) is 1. The summed E-state index contributed by atoms with van der Waals surface area (Å²) >= 11 is 0. The molecule has 0 spiro atoms. The number of carbonyl (C=O) groups is 2. The van der Waals surface area contributed by atoms with Crippen LogP contribution in [0.1, 0.15) is 75.7 Å². The van der Waals surface area contributed by atoms with E-state index >= 15 is 0 Å². The minimum atomic E-state index is -1.04. The molecule has 1 saturated carbocycles. The summed E-state index contributed by atoms with van der Waals surface area (Å²) in [6.07, 6.45) is 9.65. The van der Waals surface area contributed by atoms with Gasteiger partial charge in [-0.2, -0.15) is 0 Å². The average molecular weight is 493 g/mol. The van der Waals surface area contributed by atoms with Crippen molar-refractivity contribution in [3.05, 3.63) is 18.0 Å². The molecule has 35 heavy (non-hydrogen) atoms. The predicted molar refractivity (Wildman–Crippen MR) is 129 cm³/mol. The molecule has 9 heteroatoms. The van der Waals surface area contributed by atoms with Crippen LogP contribution < -0.4 is 10.1 Å². The number of aromatic hydroxyl groups is 1. The maximum atomic E-state index is 13.0. The molecule has 4 atom stereocenters. The predicted octanol–water partition coefficient (Wildman–Crippen LogP) is 3.63. The van der Waals surface area contributed by atoms with E-state index in [0.29, 0.717) is 19.1 Å². The number of hydrogen-bond donors (Lipinski definition) is 2. The molecule has 0 bridgehead atoms. The number of nitrogens with one attached hydrogen (secondary N) is 1. The fourth-order valence-corrected chi connectivity index (χ4v) is 5.03. The van der Waals surface area contributed by atoms with E-state index in [2.05, 4.69) is 17.2 Å². The van der Waals surface area contributed by atoms with Crippen LogP contribution in [-0.4, -0.2) is 67.1 Å². The zero-order valence-electron chi connectivity index (χ0n) is 21.2. The van der Waals surface area contributed by atoms with Crippen molar-refractivity contribution < 1.29 is 33.6 Å². The lowest BCUT2D eigenvalue weighted by molar-refractivity contribution is -0.160. The van der Waals surface area contributed by atoms with Crippen molar-refractivity contribution in [2.24, 2.45) is 11.8 Å². The standard InChI is InChI=1S/C26H40N2O7/c1-4-5-8-13-34-24-17(2)35-26(31)20(16-33-15-19(24)14-18-9-6-7-10-18)28-25(30)22-23(29)21(32-3)11-12-27-22/h11-12,17-20,24,29H,4-10,13-16H2,1-3H3,(H,28,30). The Morgan fingerprint density at radius 2 is 2.03 bits per heavy atom. The largest absolute Gasteiger partial charge is 0.503 e. The van der Waals surface area contributed by atoms with E-state index in [0.717, 1.165) is 25.7 Å². The van der Waals surface area contributed by atoms with Crippen LogP contribution in [-0.2, 0) is 19.0 Å². The Hall–Kier alpha value is -2.39. The Bertz CT molecular complexity index is 828. The Morgan fingerprint density at radius 1 is 1.26 bits per heavy atom. The normalized spacial score (nSPS) is 25.9. The van der Waals surface area contributed by atoms with Gasteiger partial charge in [-0.15, -0.1) is 0 Å². The van der Waals surface area contributed by atoms with Crippen molar-refractivity contribution in [1.82, 2.24) is 10.3 Å². The fourth-order valence-electron chi connectivity index (χ4n) is 5.03. The molecule has 1 aliphatic heterocycles. The molecule has 3 rings (SSSR count). The van der Waals surface area contributed by atoms with Crippen LogP contribution in [0, 0.1) is 11.8 Å². The summed E-state index contributed by atoms with van der Waals surface area (Å²) in [7, 11) is 1.38. The van der Waals surface area contributed by atoms with Crippen LogP contribution in [0.25, 0.3) is 0 Å². The monoisotopic (exact) mass is 492 g/mol. The molecular formula is C26H40N2O7. The third kappa shape index (κ3) is 7.54. The first kappa shape index (κ1) is 27.2. The molecule has 2 aliphatic rings. The van der Waals surface area contributed by atoms with Crippen LogP contribution >= 0.6 is 0 Å². The van der Waals surface area contributed by atoms with Crippen molar-refractivity contribution in [2.75, 3.05) is 26.9 Å². The van der Waals surface area contributed by atoms with Crippen molar-refractivity contribution in [1.29, 1.82) is 0 Å². The summed E-state index contributed by atoms with van der Waals surface area (Å²) in [6, 6.07) is 0.402. The molecule has 0 radical (unpaired) electrons. The lowest BCUT2D eigenvalue weighted by atomic mass is 9.87. The quantitative estimate of drug-likeness (QED) is 0.376. The van der Waals surface area contributed by atoms with Gasteiger partial charge in [0, 0.05) is 24.8 Å². The van der Waals surface area contributed by atoms with Crippen molar-refractivity contribution in [3.63, 3.8) is 0 Å². The number of pyridine rings is 1. The fraction of sp³-hybridized carbons (Fsp3) is 0.731. The first-order chi connectivity index (χ1) is 16.9. The zero-order chi connectivity index (χ0) is 25.2. The van der Waals surface area contributed by atoms with Crippen LogP contribution in [0.15, 0.2) is 12.3 Å². The van der Waals surface area contributed by atoms with E-state index in [9.17, 15) is 14.7 Å². The number of rotatable bonds is 10. The lowest BCUT2D eigenvalue weighted by Gasteiger charge is -2.32. The minimum absolute atomic E-state index is 0.0360. The third-order valence-electron chi connectivity index (χ3n) is 6.93. The second-order valence-corrected chi connectivity index (χ2v) is 9.60. The Labute approximate surface area is 207 Å². The van der Waals surface area contributed by atoms with Crippen LogP contribution in [0.4, 0.5) is 0 Å². The number of ether oxygens (including phenoxy) is 4. The highest BCUT2D eigenvalue weighted by Crippen LogP contribution is 2.34. The first-order valence-electron chi connectivity index (χ1n) is 12.9. The van der Waals surface area contributed by atoms with Crippen LogP contribution in [0.2, 0.25) is 0 Å². The Kier molecular flexibility index (Phi) is 10.6. The summed E-state index contributed by atoms with van der Waals surface area (Å²) in [6.45, 7) is 5.00. The van der Waals surface area contributed by atoms with E-state index in [4.69, 9.17) is 18.9 Å². The number of methoxy groups -OCH3 is 1. The van der Waals surface area contributed by atoms with Gasteiger partial charge in [0.2, 0.25) is 0 Å². The summed E-state index contributed by atoms with van der Waals surface area (Å²) < 4.78 is 23.1. The van der Waals surface area contributed by atoms with Gasteiger partial charge in [-0.1, -0.05) is 45.4 Å². The van der Waals surface area contributed by atoms with Gasteiger partial charge in [0.25, 0.3) is 5.91 Å². The van der Waals surface area contributed by atoms with Crippen molar-refractivity contribution >= 4 is 11.9 Å². The number of carbonyl (C=O) groups excluding carboxylic acids is 2. The SMILES string of the molecule is CCCCCOC1C(CC2CCCC2)COCC(NC(=O)c2nccc(OC)c2O)C(=O)OC1C. The molecule has 2 fully saturated rings. The maximum Gasteiger partial charge on any atom is 0.331 e. The van der Waals surface area contributed by atoms with Gasteiger partial charge < -0.3 is 29.4 Å². The zero-order valence-corrected chi connectivity index (χ0v) is 21.2. The molecule has 2 N–H and O–H groups in total. The molecule has 1 amide bonds. The van der Waals surface area contributed by atoms with E-state index in [1.807, 2.05) is 6.92 Å². The van der Waals surface area contributed by atoms with Gasteiger partial charge in [0.05, 0.1) is 26.4 Å². The van der Waals surface area contributed by atoms with Crippen LogP contribution in [0.5, 0.6) is 11.5 Å². The number of amides is 1. The average Bonchev–Trinajstić information content (AvgIpc) is 3.36. The maximum absolute atomic E-state index is 13.0. The summed E-state index contributed by atoms with van der Waals surface area (Å²) in [5, 5.41) is 12.9. The molecule has 4 unspecified atom stereocenters. The topological polar surface area (TPSA) is 116 Å². The molecule has 196 valence electrons. The second-order valence-electron chi connectivity index (χ2n) is 9.60. The smallest absolute Gasteiger partial charge is 0.331 e. The number of esters is 1. The molecule has 1 aliphatic carbocycles. The molecule has 0 aromatic carbocycles. The van der Waals surface area contributed by atoms with Crippen molar-refractivity contribution in [2.45, 2.75) is 83.5 Å². The van der Waals surface area contributed by atoms with E-state index in [1.54, 1.807) is 0 Å². The van der Waals surface area contributed by atoms with E-state index in [1.165, 1.54) is 45.1 Å². The first-order valence-corrected chi connectivity index (χ1v) is 12.9. The molecule has 1 saturated heterocycles. The molecular weight excluding hydrogens is 452 g/mol. The summed E-state index contributed by atoms with van der Waals surface area (Å²) in [5.41, 5.74) is -0.235. The Morgan fingerprint density at radius 3 is 2.74 bits per heavy atom. The van der Waals surface area contributed by atoms with E-state index in [-0.39, 0.29) is 30.1 Å².